The van der Waals surface area contributed by atoms with Crippen molar-refractivity contribution in [1.82, 2.24) is 5.32 Å². The fourth-order valence-electron chi connectivity index (χ4n) is 3.29. The summed E-state index contributed by atoms with van der Waals surface area (Å²) in [4.78, 5) is 38.7. The highest BCUT2D eigenvalue weighted by atomic mass is 79.9. The lowest BCUT2D eigenvalue weighted by molar-refractivity contribution is -0.122. The van der Waals surface area contributed by atoms with E-state index in [-0.39, 0.29) is 28.0 Å². The number of urea groups is 1. The Morgan fingerprint density at radius 2 is 1.59 bits per heavy atom. The highest BCUT2D eigenvalue weighted by molar-refractivity contribution is 9.10. The van der Waals surface area contributed by atoms with Crippen LogP contribution in [0.4, 0.5) is 10.5 Å². The van der Waals surface area contributed by atoms with Gasteiger partial charge < -0.3 is 4.74 Å². The molecule has 0 atom stereocenters. The van der Waals surface area contributed by atoms with E-state index in [1.165, 1.54) is 18.2 Å². The Balaban J connectivity index is 1.60. The third-order valence-electron chi connectivity index (χ3n) is 5.02. The second kappa shape index (κ2) is 10.0. The van der Waals surface area contributed by atoms with Crippen molar-refractivity contribution >= 4 is 68.7 Å². The molecular weight excluding hydrogens is 543 g/mol. The molecule has 1 N–H and O–H groups in total. The number of halogens is 3. The van der Waals surface area contributed by atoms with Gasteiger partial charge in [-0.3, -0.25) is 14.9 Å². The molecular formula is C25H17BrCl2N2O4. The summed E-state index contributed by atoms with van der Waals surface area (Å²) in [6.07, 6.45) is 1.33. The second-order valence-corrected chi connectivity index (χ2v) is 9.25. The highest BCUT2D eigenvalue weighted by Gasteiger charge is 2.36. The van der Waals surface area contributed by atoms with Crippen molar-refractivity contribution in [2.75, 3.05) is 4.90 Å². The number of rotatable bonds is 5. The van der Waals surface area contributed by atoms with Crippen LogP contribution in [0.2, 0.25) is 10.0 Å². The Hall–Kier alpha value is -3.13. The molecule has 0 aromatic heterocycles. The second-order valence-electron chi connectivity index (χ2n) is 7.52. The summed E-state index contributed by atoms with van der Waals surface area (Å²) in [5, 5.41) is 2.62. The minimum absolute atomic E-state index is 0.214. The molecule has 0 unspecified atom stereocenters. The zero-order valence-corrected chi connectivity index (χ0v) is 20.9. The van der Waals surface area contributed by atoms with E-state index in [9.17, 15) is 14.4 Å². The SMILES string of the molecule is Cc1ccc(N2C(=O)NC(=O)/C(=C\c3cc(Cl)c(OCc4ccc(Br)cc4)c(Cl)c3)C2=O)cc1. The summed E-state index contributed by atoms with van der Waals surface area (Å²) < 4.78 is 6.73. The maximum atomic E-state index is 13.0. The molecule has 34 heavy (non-hydrogen) atoms. The molecule has 4 amide bonds. The van der Waals surface area contributed by atoms with E-state index in [1.807, 2.05) is 31.2 Å². The van der Waals surface area contributed by atoms with Gasteiger partial charge in [0.15, 0.2) is 5.75 Å². The van der Waals surface area contributed by atoms with Crippen LogP contribution >= 0.6 is 39.1 Å². The van der Waals surface area contributed by atoms with E-state index >= 15 is 0 Å². The minimum Gasteiger partial charge on any atom is -0.486 e. The number of benzene rings is 3. The highest BCUT2D eigenvalue weighted by Crippen LogP contribution is 2.36. The van der Waals surface area contributed by atoms with E-state index in [2.05, 4.69) is 21.2 Å². The Morgan fingerprint density at radius 3 is 2.21 bits per heavy atom. The van der Waals surface area contributed by atoms with Crippen molar-refractivity contribution < 1.29 is 19.1 Å². The average molecular weight is 560 g/mol. The van der Waals surface area contributed by atoms with Gasteiger partial charge >= 0.3 is 6.03 Å². The number of amides is 4. The first-order valence-corrected chi connectivity index (χ1v) is 11.6. The van der Waals surface area contributed by atoms with Crippen LogP contribution in [0.3, 0.4) is 0 Å². The van der Waals surface area contributed by atoms with E-state index in [1.54, 1.807) is 24.3 Å². The van der Waals surface area contributed by atoms with E-state index < -0.39 is 17.8 Å². The van der Waals surface area contributed by atoms with Crippen molar-refractivity contribution in [1.29, 1.82) is 0 Å². The van der Waals surface area contributed by atoms with Crippen molar-refractivity contribution in [3.63, 3.8) is 0 Å². The fourth-order valence-corrected chi connectivity index (χ4v) is 4.17. The molecule has 0 bridgehead atoms. The lowest BCUT2D eigenvalue weighted by Crippen LogP contribution is -2.54. The van der Waals surface area contributed by atoms with Gasteiger partial charge in [0.25, 0.3) is 11.8 Å². The van der Waals surface area contributed by atoms with Gasteiger partial charge in [-0.15, -0.1) is 0 Å². The molecule has 1 fully saturated rings. The number of hydrogen-bond acceptors (Lipinski definition) is 4. The van der Waals surface area contributed by atoms with E-state index in [0.29, 0.717) is 11.3 Å². The van der Waals surface area contributed by atoms with Gasteiger partial charge in [-0.2, -0.15) is 0 Å². The molecule has 1 saturated heterocycles. The van der Waals surface area contributed by atoms with Crippen LogP contribution in [-0.2, 0) is 16.2 Å². The molecule has 172 valence electrons. The van der Waals surface area contributed by atoms with Crippen LogP contribution in [-0.4, -0.2) is 17.8 Å². The van der Waals surface area contributed by atoms with Crippen LogP contribution in [0.1, 0.15) is 16.7 Å². The quantitative estimate of drug-likeness (QED) is 0.293. The van der Waals surface area contributed by atoms with E-state index in [4.69, 9.17) is 27.9 Å². The molecule has 1 aliphatic heterocycles. The number of hydrogen-bond donors (Lipinski definition) is 1. The largest absolute Gasteiger partial charge is 0.486 e. The van der Waals surface area contributed by atoms with Gasteiger partial charge in [-0.25, -0.2) is 9.69 Å². The third kappa shape index (κ3) is 5.17. The molecule has 3 aromatic carbocycles. The first kappa shape index (κ1) is 24.0. The number of imide groups is 2. The molecule has 9 heteroatoms. The molecule has 1 heterocycles. The van der Waals surface area contributed by atoms with Crippen molar-refractivity contribution in [2.24, 2.45) is 0 Å². The monoisotopic (exact) mass is 558 g/mol. The first-order valence-electron chi connectivity index (χ1n) is 10.1. The predicted octanol–water partition coefficient (Wildman–Crippen LogP) is 6.31. The van der Waals surface area contributed by atoms with Gasteiger partial charge in [0, 0.05) is 4.47 Å². The molecule has 3 aromatic rings. The minimum atomic E-state index is -0.816. The summed E-state index contributed by atoms with van der Waals surface area (Å²) in [5.74, 6) is -1.27. The van der Waals surface area contributed by atoms with Gasteiger partial charge in [0.05, 0.1) is 15.7 Å². The number of aryl methyl sites for hydroxylation is 1. The number of carbonyl (C=O) groups excluding carboxylic acids is 3. The van der Waals surface area contributed by atoms with Gasteiger partial charge in [-0.1, -0.05) is 69.0 Å². The Morgan fingerprint density at radius 1 is 0.971 bits per heavy atom. The summed E-state index contributed by atoms with van der Waals surface area (Å²) >= 11 is 16.1. The number of ether oxygens (including phenoxy) is 1. The molecule has 1 aliphatic rings. The maximum absolute atomic E-state index is 13.0. The molecule has 0 spiro atoms. The fraction of sp³-hybridized carbons (Fsp3) is 0.0800. The molecule has 0 aliphatic carbocycles. The number of nitrogens with one attached hydrogen (secondary N) is 1. The topological polar surface area (TPSA) is 75.7 Å². The van der Waals surface area contributed by atoms with Crippen LogP contribution in [0.5, 0.6) is 5.75 Å². The lowest BCUT2D eigenvalue weighted by atomic mass is 10.1. The normalized spacial score (nSPS) is 15.0. The molecule has 6 nitrogen and oxygen atoms in total. The molecule has 4 rings (SSSR count). The van der Waals surface area contributed by atoms with Crippen molar-refractivity contribution in [3.8, 4) is 5.75 Å². The van der Waals surface area contributed by atoms with E-state index in [0.717, 1.165) is 20.5 Å². The number of carbonyl (C=O) groups is 3. The van der Waals surface area contributed by atoms with Gasteiger partial charge in [-0.05, 0) is 60.5 Å². The summed E-state index contributed by atoms with van der Waals surface area (Å²) in [7, 11) is 0. The summed E-state index contributed by atoms with van der Waals surface area (Å²) in [6, 6.07) is 16.6. The maximum Gasteiger partial charge on any atom is 0.335 e. The van der Waals surface area contributed by atoms with Gasteiger partial charge in [0.2, 0.25) is 0 Å². The smallest absolute Gasteiger partial charge is 0.335 e. The van der Waals surface area contributed by atoms with Crippen LogP contribution in [0.15, 0.2) is 70.7 Å². The van der Waals surface area contributed by atoms with Crippen LogP contribution < -0.4 is 15.0 Å². The summed E-state index contributed by atoms with van der Waals surface area (Å²) in [5.41, 5.74) is 2.41. The third-order valence-corrected chi connectivity index (χ3v) is 6.11. The number of nitrogens with zero attached hydrogens (tertiary/aromatic N) is 1. The average Bonchev–Trinajstić information content (AvgIpc) is 2.78. The zero-order chi connectivity index (χ0) is 24.4. The van der Waals surface area contributed by atoms with Crippen LogP contribution in [0, 0.1) is 6.92 Å². The first-order chi connectivity index (χ1) is 16.2. The van der Waals surface area contributed by atoms with Crippen molar-refractivity contribution in [3.05, 3.63) is 97.4 Å². The molecule has 0 saturated carbocycles. The predicted molar refractivity (Wildman–Crippen MR) is 135 cm³/mol. The number of anilines is 1. The molecule has 0 radical (unpaired) electrons. The van der Waals surface area contributed by atoms with Gasteiger partial charge in [0.1, 0.15) is 12.2 Å². The van der Waals surface area contributed by atoms with Crippen molar-refractivity contribution in [2.45, 2.75) is 13.5 Å². The summed E-state index contributed by atoms with van der Waals surface area (Å²) in [6.45, 7) is 2.14. The standard InChI is InChI=1S/C25H17BrCl2N2O4/c1-14-2-8-18(9-3-14)30-24(32)19(23(31)29-25(30)33)10-16-11-20(27)22(21(28)12-16)34-13-15-4-6-17(26)7-5-15/h2-12H,13H2,1H3,(H,29,31,33)/b19-10+. The zero-order valence-electron chi connectivity index (χ0n) is 17.8. The lowest BCUT2D eigenvalue weighted by Gasteiger charge is -2.26. The Labute approximate surface area is 214 Å². The Kier molecular flexibility index (Phi) is 7.07. The Bertz CT molecular complexity index is 1300. The van der Waals surface area contributed by atoms with Crippen LogP contribution in [0.25, 0.3) is 6.08 Å². The number of barbiturate groups is 1.